The Labute approximate surface area is 97.3 Å². The van der Waals surface area contributed by atoms with Gasteiger partial charge in [0.05, 0.1) is 5.38 Å². The molecule has 1 amide bonds. The molecule has 1 atom stereocenters. The number of ether oxygens (including phenoxy) is 1. The highest BCUT2D eigenvalue weighted by Gasteiger charge is 2.27. The molecular formula is C9H15ClF3NO2. The Bertz CT molecular complexity index is 211. The van der Waals surface area contributed by atoms with Crippen LogP contribution in [0.3, 0.4) is 0 Å². The zero-order valence-corrected chi connectivity index (χ0v) is 9.70. The predicted octanol–water partition coefficient (Wildman–Crippen LogP) is 2.09. The molecule has 0 aromatic rings. The molecule has 0 saturated heterocycles. The fraction of sp³-hybridized carbons (Fsp3) is 0.889. The molecule has 0 spiro atoms. The lowest BCUT2D eigenvalue weighted by Gasteiger charge is -2.10. The van der Waals surface area contributed by atoms with Crippen LogP contribution < -0.4 is 5.32 Å². The molecule has 0 fully saturated rings. The quantitative estimate of drug-likeness (QED) is 0.713. The molecule has 0 aliphatic rings. The first-order chi connectivity index (χ1) is 7.35. The molecule has 0 aliphatic heterocycles. The number of halogens is 4. The maximum absolute atomic E-state index is 11.6. The Hall–Kier alpha value is -0.490. The Kier molecular flexibility index (Phi) is 7.49. The van der Waals surface area contributed by atoms with Crippen LogP contribution in [0.25, 0.3) is 0 Å². The average Bonchev–Trinajstić information content (AvgIpc) is 2.13. The number of carbonyl (C=O) groups is 1. The van der Waals surface area contributed by atoms with Crippen molar-refractivity contribution in [2.45, 2.75) is 31.3 Å². The fourth-order valence-electron chi connectivity index (χ4n) is 0.950. The van der Waals surface area contributed by atoms with E-state index in [0.717, 1.165) is 12.8 Å². The van der Waals surface area contributed by atoms with E-state index in [1.165, 1.54) is 0 Å². The van der Waals surface area contributed by atoms with Crippen molar-refractivity contribution in [1.29, 1.82) is 0 Å². The third-order valence-corrected chi connectivity index (χ3v) is 1.99. The van der Waals surface area contributed by atoms with Crippen LogP contribution in [-0.2, 0) is 9.53 Å². The summed E-state index contributed by atoms with van der Waals surface area (Å²) in [7, 11) is 0. The van der Waals surface area contributed by atoms with Crippen LogP contribution >= 0.6 is 11.6 Å². The second-order valence-electron chi connectivity index (χ2n) is 3.30. The first-order valence-electron chi connectivity index (χ1n) is 4.90. The molecular weight excluding hydrogens is 247 g/mol. The van der Waals surface area contributed by atoms with E-state index in [4.69, 9.17) is 11.6 Å². The van der Waals surface area contributed by atoms with Gasteiger partial charge < -0.3 is 10.1 Å². The molecule has 96 valence electrons. The van der Waals surface area contributed by atoms with Gasteiger partial charge in [-0.2, -0.15) is 13.2 Å². The van der Waals surface area contributed by atoms with Crippen LogP contribution in [0.15, 0.2) is 0 Å². The van der Waals surface area contributed by atoms with Gasteiger partial charge in [-0.3, -0.25) is 4.79 Å². The highest BCUT2D eigenvalue weighted by molar-refractivity contribution is 6.20. The Balaban J connectivity index is 3.52. The van der Waals surface area contributed by atoms with Crippen molar-refractivity contribution < 1.29 is 22.7 Å². The summed E-state index contributed by atoms with van der Waals surface area (Å²) >= 11 is 5.80. The van der Waals surface area contributed by atoms with Gasteiger partial charge in [0, 0.05) is 6.54 Å². The minimum absolute atomic E-state index is 0.198. The summed E-state index contributed by atoms with van der Waals surface area (Å²) in [6.07, 6.45) is -2.78. The summed E-state index contributed by atoms with van der Waals surface area (Å²) in [5.41, 5.74) is 0. The summed E-state index contributed by atoms with van der Waals surface area (Å²) in [4.78, 5) is 11.0. The number of nitrogens with one attached hydrogen (secondary N) is 1. The van der Waals surface area contributed by atoms with Gasteiger partial charge in [0.2, 0.25) is 5.91 Å². The number of hydrogen-bond acceptors (Lipinski definition) is 2. The summed E-state index contributed by atoms with van der Waals surface area (Å²) in [5.74, 6) is -0.592. The molecule has 0 aliphatic carbocycles. The summed E-state index contributed by atoms with van der Waals surface area (Å²) in [6.45, 7) is 0.169. The number of hydrogen-bond donors (Lipinski definition) is 1. The predicted molar refractivity (Wildman–Crippen MR) is 54.4 cm³/mol. The molecule has 0 aromatic carbocycles. The van der Waals surface area contributed by atoms with Crippen molar-refractivity contribution in [2.24, 2.45) is 0 Å². The van der Waals surface area contributed by atoms with Gasteiger partial charge in [-0.15, -0.1) is 11.6 Å². The zero-order valence-electron chi connectivity index (χ0n) is 8.94. The first-order valence-corrected chi connectivity index (χ1v) is 5.34. The van der Waals surface area contributed by atoms with E-state index in [2.05, 4.69) is 10.1 Å². The number of amides is 1. The molecule has 0 aromatic heterocycles. The molecule has 1 unspecified atom stereocenters. The van der Waals surface area contributed by atoms with E-state index in [1.807, 2.05) is 6.92 Å². The Morgan fingerprint density at radius 1 is 1.50 bits per heavy atom. The number of alkyl halides is 4. The Morgan fingerprint density at radius 3 is 2.62 bits per heavy atom. The highest BCUT2D eigenvalue weighted by Crippen LogP contribution is 2.14. The molecule has 0 rings (SSSR count). The second-order valence-corrected chi connectivity index (χ2v) is 3.92. The van der Waals surface area contributed by atoms with E-state index in [0.29, 0.717) is 0 Å². The van der Waals surface area contributed by atoms with Crippen LogP contribution in [0.1, 0.15) is 19.8 Å². The molecule has 1 N–H and O–H groups in total. The Morgan fingerprint density at radius 2 is 2.12 bits per heavy atom. The van der Waals surface area contributed by atoms with E-state index >= 15 is 0 Å². The van der Waals surface area contributed by atoms with Crippen molar-refractivity contribution in [1.82, 2.24) is 5.32 Å². The SMILES string of the molecule is CCCC(Cl)CNC(=O)COCC(F)(F)F. The molecule has 16 heavy (non-hydrogen) atoms. The maximum Gasteiger partial charge on any atom is 0.411 e. The molecule has 0 bridgehead atoms. The van der Waals surface area contributed by atoms with Crippen molar-refractivity contribution >= 4 is 17.5 Å². The van der Waals surface area contributed by atoms with Crippen LogP contribution in [0.5, 0.6) is 0 Å². The standard InChI is InChI=1S/C9H15ClF3NO2/c1-2-3-7(10)4-14-8(15)5-16-6-9(11,12)13/h7H,2-6H2,1H3,(H,14,15). The van der Waals surface area contributed by atoms with Crippen LogP contribution in [0.2, 0.25) is 0 Å². The third-order valence-electron chi connectivity index (χ3n) is 1.62. The normalized spacial score (nSPS) is 13.6. The average molecular weight is 262 g/mol. The van der Waals surface area contributed by atoms with Crippen molar-refractivity contribution in [3.8, 4) is 0 Å². The summed E-state index contributed by atoms with van der Waals surface area (Å²) in [6, 6.07) is 0. The highest BCUT2D eigenvalue weighted by atomic mass is 35.5. The van der Waals surface area contributed by atoms with Crippen LogP contribution in [0.4, 0.5) is 13.2 Å². The number of carbonyl (C=O) groups excluding carboxylic acids is 1. The van der Waals surface area contributed by atoms with Crippen LogP contribution in [-0.4, -0.2) is 37.2 Å². The van der Waals surface area contributed by atoms with Gasteiger partial charge >= 0.3 is 6.18 Å². The van der Waals surface area contributed by atoms with E-state index in [9.17, 15) is 18.0 Å². The van der Waals surface area contributed by atoms with Gasteiger partial charge in [0.25, 0.3) is 0 Å². The van der Waals surface area contributed by atoms with Gasteiger partial charge in [-0.1, -0.05) is 13.3 Å². The molecule has 3 nitrogen and oxygen atoms in total. The minimum Gasteiger partial charge on any atom is -0.362 e. The smallest absolute Gasteiger partial charge is 0.362 e. The maximum atomic E-state index is 11.6. The van der Waals surface area contributed by atoms with Crippen molar-refractivity contribution in [2.75, 3.05) is 19.8 Å². The van der Waals surface area contributed by atoms with E-state index < -0.39 is 25.3 Å². The van der Waals surface area contributed by atoms with Crippen molar-refractivity contribution in [3.63, 3.8) is 0 Å². The summed E-state index contributed by atoms with van der Waals surface area (Å²) in [5, 5.41) is 2.19. The van der Waals surface area contributed by atoms with E-state index in [-0.39, 0.29) is 11.9 Å². The largest absolute Gasteiger partial charge is 0.411 e. The lowest BCUT2D eigenvalue weighted by atomic mass is 10.2. The minimum atomic E-state index is -4.41. The first kappa shape index (κ1) is 15.5. The zero-order chi connectivity index (χ0) is 12.6. The van der Waals surface area contributed by atoms with Gasteiger partial charge in [0.1, 0.15) is 13.2 Å². The van der Waals surface area contributed by atoms with Crippen LogP contribution in [0, 0.1) is 0 Å². The van der Waals surface area contributed by atoms with Gasteiger partial charge in [0.15, 0.2) is 0 Å². The monoisotopic (exact) mass is 261 g/mol. The molecule has 0 radical (unpaired) electrons. The number of rotatable bonds is 7. The fourth-order valence-corrected chi connectivity index (χ4v) is 1.25. The second kappa shape index (κ2) is 7.73. The van der Waals surface area contributed by atoms with Crippen molar-refractivity contribution in [3.05, 3.63) is 0 Å². The molecule has 0 saturated carbocycles. The lowest BCUT2D eigenvalue weighted by Crippen LogP contribution is -2.33. The van der Waals surface area contributed by atoms with E-state index in [1.54, 1.807) is 0 Å². The van der Waals surface area contributed by atoms with Gasteiger partial charge in [-0.05, 0) is 6.42 Å². The third kappa shape index (κ3) is 10.0. The summed E-state index contributed by atoms with van der Waals surface area (Å²) < 4.78 is 39.1. The molecule has 7 heteroatoms. The lowest BCUT2D eigenvalue weighted by molar-refractivity contribution is -0.175. The topological polar surface area (TPSA) is 38.3 Å². The van der Waals surface area contributed by atoms with Gasteiger partial charge in [-0.25, -0.2) is 0 Å². The molecule has 0 heterocycles.